The third-order valence-electron chi connectivity index (χ3n) is 3.81. The minimum Gasteiger partial charge on any atom is -0.451 e. The zero-order valence-electron chi connectivity index (χ0n) is 14.8. The summed E-state index contributed by atoms with van der Waals surface area (Å²) in [7, 11) is 0. The zero-order valence-corrected chi connectivity index (χ0v) is 15.5. The molecule has 3 rings (SSSR count). The summed E-state index contributed by atoms with van der Waals surface area (Å²) in [5.74, 6) is -0.534. The number of esters is 1. The van der Waals surface area contributed by atoms with E-state index in [-0.39, 0.29) is 5.69 Å². The first-order valence-corrected chi connectivity index (χ1v) is 8.58. The minimum absolute atomic E-state index is 0.0457. The molecule has 6 nitrogen and oxygen atoms in total. The maximum Gasteiger partial charge on any atom is 0.361 e. The van der Waals surface area contributed by atoms with Gasteiger partial charge in [-0.2, -0.15) is 0 Å². The summed E-state index contributed by atoms with van der Waals surface area (Å²) in [6.45, 7) is 3.00. The van der Waals surface area contributed by atoms with Crippen molar-refractivity contribution in [3.8, 4) is 11.5 Å². The molecule has 0 saturated carbocycles. The molecule has 27 heavy (non-hydrogen) atoms. The van der Waals surface area contributed by atoms with Crippen molar-refractivity contribution in [3.05, 3.63) is 70.6 Å². The van der Waals surface area contributed by atoms with Gasteiger partial charge in [0.2, 0.25) is 5.89 Å². The molecule has 0 aliphatic carbocycles. The highest BCUT2D eigenvalue weighted by Gasteiger charge is 2.20. The predicted molar refractivity (Wildman–Crippen MR) is 102 cm³/mol. The Labute approximate surface area is 161 Å². The van der Waals surface area contributed by atoms with Crippen molar-refractivity contribution in [1.82, 2.24) is 4.98 Å². The molecule has 0 unspecified atom stereocenters. The van der Waals surface area contributed by atoms with Gasteiger partial charge in [0, 0.05) is 16.3 Å². The largest absolute Gasteiger partial charge is 0.451 e. The summed E-state index contributed by atoms with van der Waals surface area (Å²) in [5.41, 5.74) is 2.20. The molecular formula is C20H17ClN2O4. The molecule has 0 radical (unpaired) electrons. The molecule has 138 valence electrons. The molecule has 7 heteroatoms. The average Bonchev–Trinajstić information content (AvgIpc) is 3.05. The highest BCUT2D eigenvalue weighted by atomic mass is 35.5. The summed E-state index contributed by atoms with van der Waals surface area (Å²) in [6.07, 6.45) is 0. The molecule has 0 aliphatic rings. The first kappa shape index (κ1) is 18.7. The third kappa shape index (κ3) is 4.54. The highest BCUT2D eigenvalue weighted by Crippen LogP contribution is 2.22. The minimum atomic E-state index is -0.721. The van der Waals surface area contributed by atoms with Crippen molar-refractivity contribution in [1.29, 1.82) is 0 Å². The molecule has 0 bridgehead atoms. The van der Waals surface area contributed by atoms with Crippen molar-refractivity contribution in [2.75, 3.05) is 11.9 Å². The second-order valence-corrected chi connectivity index (χ2v) is 6.31. The smallest absolute Gasteiger partial charge is 0.361 e. The van der Waals surface area contributed by atoms with Gasteiger partial charge in [-0.05, 0) is 49.7 Å². The quantitative estimate of drug-likeness (QED) is 0.659. The summed E-state index contributed by atoms with van der Waals surface area (Å²) < 4.78 is 10.6. The molecular weight excluding hydrogens is 368 g/mol. The van der Waals surface area contributed by atoms with Crippen LogP contribution in [0.15, 0.2) is 52.9 Å². The van der Waals surface area contributed by atoms with Crippen LogP contribution in [-0.2, 0) is 9.53 Å². The molecule has 2 aromatic carbocycles. The number of hydrogen-bond acceptors (Lipinski definition) is 5. The van der Waals surface area contributed by atoms with Gasteiger partial charge in [-0.15, -0.1) is 0 Å². The Morgan fingerprint density at radius 3 is 2.59 bits per heavy atom. The van der Waals surface area contributed by atoms with E-state index in [0.717, 1.165) is 11.1 Å². The summed E-state index contributed by atoms with van der Waals surface area (Å²) in [4.78, 5) is 28.4. The Balaban J connectivity index is 1.62. The number of halogens is 1. The number of ether oxygens (including phenoxy) is 1. The molecule has 0 aliphatic heterocycles. The van der Waals surface area contributed by atoms with Gasteiger partial charge >= 0.3 is 5.97 Å². The summed E-state index contributed by atoms with van der Waals surface area (Å²) in [6, 6.07) is 14.3. The fourth-order valence-corrected chi connectivity index (χ4v) is 2.67. The third-order valence-corrected chi connectivity index (χ3v) is 4.04. The monoisotopic (exact) mass is 384 g/mol. The molecule has 3 aromatic rings. The van der Waals surface area contributed by atoms with Gasteiger partial charge in [0.25, 0.3) is 5.91 Å². The van der Waals surface area contributed by atoms with Gasteiger partial charge in [0.1, 0.15) is 5.76 Å². The van der Waals surface area contributed by atoms with Gasteiger partial charge < -0.3 is 14.5 Å². The van der Waals surface area contributed by atoms with E-state index in [4.69, 9.17) is 20.8 Å². The second kappa shape index (κ2) is 8.05. The number of aryl methyl sites for hydroxylation is 2. The van der Waals surface area contributed by atoms with Crippen LogP contribution in [0.3, 0.4) is 0 Å². The number of rotatable bonds is 5. The lowest BCUT2D eigenvalue weighted by Gasteiger charge is -2.08. The van der Waals surface area contributed by atoms with E-state index in [9.17, 15) is 9.59 Å². The van der Waals surface area contributed by atoms with E-state index >= 15 is 0 Å². The van der Waals surface area contributed by atoms with E-state index in [1.165, 1.54) is 0 Å². The van der Waals surface area contributed by atoms with Crippen molar-refractivity contribution in [3.63, 3.8) is 0 Å². The van der Waals surface area contributed by atoms with Crippen LogP contribution in [0.5, 0.6) is 0 Å². The lowest BCUT2D eigenvalue weighted by Crippen LogP contribution is -2.21. The first-order chi connectivity index (χ1) is 12.9. The fourth-order valence-electron chi connectivity index (χ4n) is 2.44. The molecule has 0 saturated heterocycles. The van der Waals surface area contributed by atoms with Crippen LogP contribution in [0.4, 0.5) is 5.69 Å². The summed E-state index contributed by atoms with van der Waals surface area (Å²) in [5, 5.41) is 3.25. The Bertz CT molecular complexity index is 983. The molecule has 1 N–H and O–H groups in total. The van der Waals surface area contributed by atoms with E-state index in [1.54, 1.807) is 25.1 Å². The number of amides is 1. The van der Waals surface area contributed by atoms with Gasteiger partial charge in [-0.1, -0.05) is 29.8 Å². The molecule has 0 fully saturated rings. The van der Waals surface area contributed by atoms with E-state index in [2.05, 4.69) is 10.3 Å². The molecule has 1 aromatic heterocycles. The normalized spacial score (nSPS) is 10.5. The maximum absolute atomic E-state index is 12.2. The van der Waals surface area contributed by atoms with Gasteiger partial charge in [-0.25, -0.2) is 9.78 Å². The van der Waals surface area contributed by atoms with Crippen LogP contribution in [0, 0.1) is 13.8 Å². The Hall–Kier alpha value is -3.12. The van der Waals surface area contributed by atoms with Crippen LogP contribution in [0.1, 0.15) is 21.8 Å². The maximum atomic E-state index is 12.2. The van der Waals surface area contributed by atoms with Gasteiger partial charge in [0.05, 0.1) is 0 Å². The first-order valence-electron chi connectivity index (χ1n) is 8.20. The molecule has 1 amide bonds. The number of carbonyl (C=O) groups is 2. The van der Waals surface area contributed by atoms with Crippen LogP contribution < -0.4 is 5.32 Å². The predicted octanol–water partition coefficient (Wildman–Crippen LogP) is 4.41. The van der Waals surface area contributed by atoms with Crippen molar-refractivity contribution in [2.24, 2.45) is 0 Å². The number of carbonyl (C=O) groups excluding carboxylic acids is 2. The Morgan fingerprint density at radius 1 is 1.15 bits per heavy atom. The standard InChI is InChI=1S/C20H17ClN2O4/c1-12-10-15(21)8-9-16(12)22-17(24)11-26-20(25)18-13(2)27-19(23-18)14-6-4-3-5-7-14/h3-10H,11H2,1-2H3,(H,22,24). The van der Waals surface area contributed by atoms with Crippen molar-refractivity contribution in [2.45, 2.75) is 13.8 Å². The van der Waals surface area contributed by atoms with Crippen LogP contribution in [0.2, 0.25) is 5.02 Å². The van der Waals surface area contributed by atoms with Crippen molar-refractivity contribution >= 4 is 29.2 Å². The fraction of sp³-hybridized carbons (Fsp3) is 0.150. The highest BCUT2D eigenvalue weighted by molar-refractivity contribution is 6.30. The Morgan fingerprint density at radius 2 is 1.89 bits per heavy atom. The van der Waals surface area contributed by atoms with E-state index in [0.29, 0.717) is 22.4 Å². The second-order valence-electron chi connectivity index (χ2n) is 5.87. The van der Waals surface area contributed by atoms with Crippen LogP contribution in [-0.4, -0.2) is 23.5 Å². The number of oxazole rings is 1. The number of anilines is 1. The number of hydrogen-bond donors (Lipinski definition) is 1. The number of nitrogens with one attached hydrogen (secondary N) is 1. The molecule has 1 heterocycles. The SMILES string of the molecule is Cc1cc(Cl)ccc1NC(=O)COC(=O)c1nc(-c2ccccc2)oc1C. The van der Waals surface area contributed by atoms with Crippen LogP contribution in [0.25, 0.3) is 11.5 Å². The average molecular weight is 385 g/mol. The summed E-state index contributed by atoms with van der Waals surface area (Å²) >= 11 is 5.89. The van der Waals surface area contributed by atoms with Gasteiger partial charge in [-0.3, -0.25) is 4.79 Å². The van der Waals surface area contributed by atoms with Gasteiger partial charge in [0.15, 0.2) is 12.3 Å². The lowest BCUT2D eigenvalue weighted by atomic mass is 10.2. The molecule has 0 atom stereocenters. The van der Waals surface area contributed by atoms with Crippen molar-refractivity contribution < 1.29 is 18.7 Å². The number of nitrogens with zero attached hydrogens (tertiary/aromatic N) is 1. The number of benzene rings is 2. The van der Waals surface area contributed by atoms with E-state index in [1.807, 2.05) is 37.3 Å². The topological polar surface area (TPSA) is 81.4 Å². The molecule has 0 spiro atoms. The zero-order chi connectivity index (χ0) is 19.4. The Kier molecular flexibility index (Phi) is 5.57. The number of aromatic nitrogens is 1. The lowest BCUT2D eigenvalue weighted by molar-refractivity contribution is -0.119. The van der Waals surface area contributed by atoms with Crippen LogP contribution >= 0.6 is 11.6 Å². The van der Waals surface area contributed by atoms with E-state index < -0.39 is 18.5 Å².